The zero-order valence-electron chi connectivity index (χ0n) is 12.8. The van der Waals surface area contributed by atoms with Gasteiger partial charge in [-0.3, -0.25) is 9.78 Å². The second-order valence-corrected chi connectivity index (χ2v) is 5.88. The smallest absolute Gasteiger partial charge is 0.248 e. The van der Waals surface area contributed by atoms with Gasteiger partial charge in [0.2, 0.25) is 5.91 Å². The van der Waals surface area contributed by atoms with Gasteiger partial charge in [0.15, 0.2) is 0 Å². The van der Waals surface area contributed by atoms with Crippen LogP contribution in [0.25, 0.3) is 11.3 Å². The first-order chi connectivity index (χ1) is 11.1. The van der Waals surface area contributed by atoms with Gasteiger partial charge in [0.1, 0.15) is 5.82 Å². The van der Waals surface area contributed by atoms with Gasteiger partial charge in [-0.05, 0) is 37.8 Å². The fourth-order valence-electron chi connectivity index (χ4n) is 2.81. The van der Waals surface area contributed by atoms with Gasteiger partial charge in [-0.1, -0.05) is 12.1 Å². The number of aliphatic hydroxyl groups excluding tert-OH is 1. The van der Waals surface area contributed by atoms with E-state index >= 15 is 0 Å². The molecule has 3 rings (SSSR count). The molecule has 4 N–H and O–H groups in total. The average Bonchev–Trinajstić information content (AvgIpc) is 2.57. The van der Waals surface area contributed by atoms with Crippen LogP contribution in [0, 0.1) is 0 Å². The van der Waals surface area contributed by atoms with E-state index in [2.05, 4.69) is 15.3 Å². The molecule has 1 aliphatic rings. The van der Waals surface area contributed by atoms with E-state index in [4.69, 9.17) is 5.73 Å². The summed E-state index contributed by atoms with van der Waals surface area (Å²) in [6, 6.07) is 7.31. The highest BCUT2D eigenvalue weighted by atomic mass is 16.3. The molecule has 2 aromatic rings. The SMILES string of the molecule is NC(=O)c1ccc(-c2cncc(N[C@H]3CC[C@H](O)CC3)n2)cc1. The summed E-state index contributed by atoms with van der Waals surface area (Å²) in [5.41, 5.74) is 7.33. The minimum Gasteiger partial charge on any atom is -0.393 e. The van der Waals surface area contributed by atoms with Crippen LogP contribution in [0.15, 0.2) is 36.7 Å². The van der Waals surface area contributed by atoms with E-state index in [0.29, 0.717) is 11.6 Å². The first-order valence-corrected chi connectivity index (χ1v) is 7.78. The second-order valence-electron chi connectivity index (χ2n) is 5.88. The van der Waals surface area contributed by atoms with Crippen molar-refractivity contribution in [1.82, 2.24) is 9.97 Å². The molecule has 0 atom stereocenters. The summed E-state index contributed by atoms with van der Waals surface area (Å²) in [6.45, 7) is 0. The Morgan fingerprint density at radius 1 is 1.13 bits per heavy atom. The number of carbonyl (C=O) groups is 1. The number of nitrogens with one attached hydrogen (secondary N) is 1. The molecular formula is C17H20N4O2. The Hall–Kier alpha value is -2.47. The third-order valence-electron chi connectivity index (χ3n) is 4.15. The largest absolute Gasteiger partial charge is 0.393 e. The van der Waals surface area contributed by atoms with Crippen LogP contribution in [-0.2, 0) is 0 Å². The Balaban J connectivity index is 1.73. The van der Waals surface area contributed by atoms with Crippen molar-refractivity contribution in [2.24, 2.45) is 5.73 Å². The molecule has 6 heteroatoms. The van der Waals surface area contributed by atoms with Crippen LogP contribution in [0.5, 0.6) is 0 Å². The summed E-state index contributed by atoms with van der Waals surface area (Å²) < 4.78 is 0. The van der Waals surface area contributed by atoms with Gasteiger partial charge in [0, 0.05) is 17.2 Å². The van der Waals surface area contributed by atoms with E-state index in [0.717, 1.165) is 42.8 Å². The predicted octanol–water partition coefficient (Wildman–Crippen LogP) is 1.96. The second kappa shape index (κ2) is 6.75. The van der Waals surface area contributed by atoms with Crippen molar-refractivity contribution in [2.45, 2.75) is 37.8 Å². The highest BCUT2D eigenvalue weighted by molar-refractivity contribution is 5.93. The minimum absolute atomic E-state index is 0.172. The number of hydrogen-bond acceptors (Lipinski definition) is 5. The number of benzene rings is 1. The van der Waals surface area contributed by atoms with Crippen LogP contribution in [0.3, 0.4) is 0 Å². The standard InChI is InChI=1S/C17H20N4O2/c18-17(23)12-3-1-11(2-4-12)15-9-19-10-16(21-15)20-13-5-7-14(22)8-6-13/h1-4,9-10,13-14,22H,5-8H2,(H2,18,23)(H,20,21)/t13-,14-. The normalized spacial score (nSPS) is 20.9. The van der Waals surface area contributed by atoms with E-state index in [1.54, 1.807) is 24.5 Å². The monoisotopic (exact) mass is 312 g/mol. The molecule has 1 fully saturated rings. The first-order valence-electron chi connectivity index (χ1n) is 7.78. The molecule has 120 valence electrons. The van der Waals surface area contributed by atoms with E-state index in [1.807, 2.05) is 12.1 Å². The third kappa shape index (κ3) is 3.84. The lowest BCUT2D eigenvalue weighted by molar-refractivity contribution is 0.1000. The van der Waals surface area contributed by atoms with Crippen LogP contribution >= 0.6 is 0 Å². The van der Waals surface area contributed by atoms with Crippen molar-refractivity contribution < 1.29 is 9.90 Å². The average molecular weight is 312 g/mol. The zero-order valence-corrected chi connectivity index (χ0v) is 12.8. The molecule has 1 aromatic heterocycles. The maximum absolute atomic E-state index is 11.1. The summed E-state index contributed by atoms with van der Waals surface area (Å²) in [5, 5.41) is 12.9. The summed E-state index contributed by atoms with van der Waals surface area (Å²) in [7, 11) is 0. The van der Waals surface area contributed by atoms with Crippen LogP contribution in [0.4, 0.5) is 5.82 Å². The summed E-state index contributed by atoms with van der Waals surface area (Å²) in [5.74, 6) is 0.278. The number of nitrogens with zero attached hydrogens (tertiary/aromatic N) is 2. The van der Waals surface area contributed by atoms with Gasteiger partial charge >= 0.3 is 0 Å². The summed E-state index contributed by atoms with van der Waals surface area (Å²) >= 11 is 0. The molecule has 0 unspecified atom stereocenters. The number of aliphatic hydroxyl groups is 1. The molecule has 1 aliphatic carbocycles. The van der Waals surface area contributed by atoms with Crippen molar-refractivity contribution in [3.63, 3.8) is 0 Å². The number of aromatic nitrogens is 2. The Kier molecular flexibility index (Phi) is 4.52. The maximum atomic E-state index is 11.1. The third-order valence-corrected chi connectivity index (χ3v) is 4.15. The Labute approximate surface area is 134 Å². The van der Waals surface area contributed by atoms with E-state index in [-0.39, 0.29) is 6.10 Å². The highest BCUT2D eigenvalue weighted by Crippen LogP contribution is 2.23. The predicted molar refractivity (Wildman–Crippen MR) is 87.9 cm³/mol. The number of hydrogen-bond donors (Lipinski definition) is 3. The maximum Gasteiger partial charge on any atom is 0.248 e. The lowest BCUT2D eigenvalue weighted by Gasteiger charge is -2.26. The Morgan fingerprint density at radius 3 is 2.48 bits per heavy atom. The van der Waals surface area contributed by atoms with Gasteiger partial charge in [-0.2, -0.15) is 0 Å². The molecule has 0 aliphatic heterocycles. The minimum atomic E-state index is -0.447. The molecule has 1 amide bonds. The zero-order chi connectivity index (χ0) is 16.2. The number of rotatable bonds is 4. The van der Waals surface area contributed by atoms with Crippen molar-refractivity contribution in [2.75, 3.05) is 5.32 Å². The van der Waals surface area contributed by atoms with Gasteiger partial charge in [-0.25, -0.2) is 4.98 Å². The van der Waals surface area contributed by atoms with Crippen molar-refractivity contribution in [1.29, 1.82) is 0 Å². The lowest BCUT2D eigenvalue weighted by Crippen LogP contribution is -2.28. The highest BCUT2D eigenvalue weighted by Gasteiger charge is 2.19. The molecule has 0 bridgehead atoms. The van der Waals surface area contributed by atoms with Gasteiger partial charge in [0.05, 0.1) is 24.2 Å². The van der Waals surface area contributed by atoms with Gasteiger partial charge in [0.25, 0.3) is 0 Å². The molecule has 0 saturated heterocycles. The molecule has 23 heavy (non-hydrogen) atoms. The number of anilines is 1. The number of primary amides is 1. The fraction of sp³-hybridized carbons (Fsp3) is 0.353. The summed E-state index contributed by atoms with van der Waals surface area (Å²) in [4.78, 5) is 19.9. The molecule has 0 spiro atoms. The van der Waals surface area contributed by atoms with Crippen molar-refractivity contribution in [3.8, 4) is 11.3 Å². The Morgan fingerprint density at radius 2 is 1.83 bits per heavy atom. The van der Waals surface area contributed by atoms with Crippen LogP contribution in [0.1, 0.15) is 36.0 Å². The van der Waals surface area contributed by atoms with Crippen LogP contribution in [0.2, 0.25) is 0 Å². The molecule has 6 nitrogen and oxygen atoms in total. The fourth-order valence-corrected chi connectivity index (χ4v) is 2.81. The number of nitrogens with two attached hydrogens (primary N) is 1. The van der Waals surface area contributed by atoms with Crippen LogP contribution in [-0.4, -0.2) is 33.1 Å². The van der Waals surface area contributed by atoms with E-state index in [1.165, 1.54) is 0 Å². The van der Waals surface area contributed by atoms with Gasteiger partial charge in [-0.15, -0.1) is 0 Å². The molecule has 1 aromatic carbocycles. The molecule has 1 heterocycles. The van der Waals surface area contributed by atoms with E-state index in [9.17, 15) is 9.90 Å². The molecule has 0 radical (unpaired) electrons. The van der Waals surface area contributed by atoms with Gasteiger partial charge < -0.3 is 16.2 Å². The number of carbonyl (C=O) groups excluding carboxylic acids is 1. The summed E-state index contributed by atoms with van der Waals surface area (Å²) in [6.07, 6.45) is 6.72. The lowest BCUT2D eigenvalue weighted by atomic mass is 9.93. The Bertz CT molecular complexity index is 679. The quantitative estimate of drug-likeness (QED) is 0.801. The van der Waals surface area contributed by atoms with Crippen molar-refractivity contribution >= 4 is 11.7 Å². The number of amides is 1. The van der Waals surface area contributed by atoms with Crippen LogP contribution < -0.4 is 11.1 Å². The topological polar surface area (TPSA) is 101 Å². The van der Waals surface area contributed by atoms with Crippen molar-refractivity contribution in [3.05, 3.63) is 42.2 Å². The molecular weight excluding hydrogens is 292 g/mol. The van der Waals surface area contributed by atoms with E-state index < -0.39 is 5.91 Å². The molecule has 1 saturated carbocycles. The first kappa shape index (κ1) is 15.4.